The number of sulfonamides is 1. The van der Waals surface area contributed by atoms with E-state index in [-0.39, 0.29) is 4.90 Å². The molecule has 2 aromatic rings. The molecule has 0 fully saturated rings. The van der Waals surface area contributed by atoms with Crippen LogP contribution in [0.2, 0.25) is 0 Å². The number of hydrogen-bond donors (Lipinski definition) is 1. The molecule has 0 unspecified atom stereocenters. The van der Waals surface area contributed by atoms with Gasteiger partial charge in [0.1, 0.15) is 0 Å². The van der Waals surface area contributed by atoms with E-state index in [1.54, 1.807) is 12.1 Å². The van der Waals surface area contributed by atoms with Crippen molar-refractivity contribution in [2.45, 2.75) is 11.8 Å². The quantitative estimate of drug-likeness (QED) is 0.901. The van der Waals surface area contributed by atoms with Crippen LogP contribution >= 0.6 is 11.5 Å². The lowest BCUT2D eigenvalue weighted by molar-refractivity contribution is 0.248. The molecule has 0 spiro atoms. The molecule has 1 heterocycles. The van der Waals surface area contributed by atoms with E-state index in [0.717, 1.165) is 21.1 Å². The van der Waals surface area contributed by atoms with Gasteiger partial charge in [0, 0.05) is 11.4 Å². The Labute approximate surface area is 113 Å². The van der Waals surface area contributed by atoms with Gasteiger partial charge in [0.05, 0.1) is 4.90 Å². The predicted octanol–water partition coefficient (Wildman–Crippen LogP) is 1.16. The van der Waals surface area contributed by atoms with Gasteiger partial charge in [-0.25, -0.2) is 17.9 Å². The van der Waals surface area contributed by atoms with Gasteiger partial charge in [0.25, 0.3) is 15.6 Å². The van der Waals surface area contributed by atoms with Gasteiger partial charge in [0.2, 0.25) is 0 Å². The average Bonchev–Trinajstić information content (AvgIpc) is 2.75. The van der Waals surface area contributed by atoms with Crippen LogP contribution < -0.4 is 10.3 Å². The molecular formula is C11H10N2O4S2. The van der Waals surface area contributed by atoms with Crippen LogP contribution in [0.25, 0.3) is 0 Å². The summed E-state index contributed by atoms with van der Waals surface area (Å²) in [6, 6.07) is 6.22. The summed E-state index contributed by atoms with van der Waals surface area (Å²) in [6.45, 7) is 1.82. The molecule has 1 N–H and O–H groups in total. The molecule has 0 aliphatic carbocycles. The molecule has 0 saturated heterocycles. The zero-order valence-corrected chi connectivity index (χ0v) is 11.5. The first-order chi connectivity index (χ1) is 8.90. The second-order valence-corrected chi connectivity index (χ2v) is 6.30. The first kappa shape index (κ1) is 13.5. The summed E-state index contributed by atoms with van der Waals surface area (Å²) in [7, 11) is -3.97. The number of benzene rings is 1. The summed E-state index contributed by atoms with van der Waals surface area (Å²) >= 11 is 0.824. The van der Waals surface area contributed by atoms with Crippen LogP contribution in [0.1, 0.15) is 5.56 Å². The minimum absolute atomic E-state index is 0.0314. The van der Waals surface area contributed by atoms with Crippen LogP contribution in [-0.2, 0) is 10.0 Å². The van der Waals surface area contributed by atoms with Gasteiger partial charge in [-0.3, -0.25) is 4.79 Å². The monoisotopic (exact) mass is 298 g/mol. The molecule has 1 amide bonds. The van der Waals surface area contributed by atoms with E-state index in [1.807, 2.05) is 11.6 Å². The SMILES string of the molecule is Cc1ccc(S(=O)(=O)NC(=O)n2sccc2=O)cc1. The van der Waals surface area contributed by atoms with E-state index >= 15 is 0 Å². The highest BCUT2D eigenvalue weighted by Crippen LogP contribution is 2.10. The lowest BCUT2D eigenvalue weighted by atomic mass is 10.2. The van der Waals surface area contributed by atoms with E-state index in [0.29, 0.717) is 0 Å². The highest BCUT2D eigenvalue weighted by atomic mass is 32.2. The third kappa shape index (κ3) is 2.91. The predicted molar refractivity (Wildman–Crippen MR) is 70.9 cm³/mol. The van der Waals surface area contributed by atoms with Crippen LogP contribution in [0.5, 0.6) is 0 Å². The van der Waals surface area contributed by atoms with Crippen molar-refractivity contribution in [2.75, 3.05) is 0 Å². The number of nitrogens with one attached hydrogen (secondary N) is 1. The summed E-state index contributed by atoms with van der Waals surface area (Å²) in [6.07, 6.45) is 0. The first-order valence-electron chi connectivity index (χ1n) is 5.21. The van der Waals surface area contributed by atoms with Gasteiger partial charge in [-0.2, -0.15) is 3.96 Å². The lowest BCUT2D eigenvalue weighted by Crippen LogP contribution is -2.37. The topological polar surface area (TPSA) is 85.2 Å². The van der Waals surface area contributed by atoms with E-state index in [1.165, 1.54) is 23.6 Å². The second-order valence-electron chi connectivity index (χ2n) is 3.76. The van der Waals surface area contributed by atoms with Crippen molar-refractivity contribution < 1.29 is 13.2 Å². The normalized spacial score (nSPS) is 11.2. The second kappa shape index (κ2) is 4.98. The molecule has 19 heavy (non-hydrogen) atoms. The van der Waals surface area contributed by atoms with Gasteiger partial charge >= 0.3 is 6.03 Å². The lowest BCUT2D eigenvalue weighted by Gasteiger charge is -2.06. The molecule has 0 aliphatic rings. The minimum atomic E-state index is -3.97. The van der Waals surface area contributed by atoms with Crippen LogP contribution in [-0.4, -0.2) is 18.4 Å². The third-order valence-electron chi connectivity index (χ3n) is 2.31. The van der Waals surface area contributed by atoms with Gasteiger partial charge in [-0.05, 0) is 19.1 Å². The molecule has 0 bridgehead atoms. The largest absolute Gasteiger partial charge is 0.352 e. The van der Waals surface area contributed by atoms with Crippen LogP contribution in [0.3, 0.4) is 0 Å². The molecule has 6 nitrogen and oxygen atoms in total. The number of hydrogen-bond acceptors (Lipinski definition) is 5. The van der Waals surface area contributed by atoms with Crippen molar-refractivity contribution in [3.8, 4) is 0 Å². The summed E-state index contributed by atoms with van der Waals surface area (Å²) in [4.78, 5) is 22.9. The number of aryl methyl sites for hydroxylation is 1. The number of rotatable bonds is 2. The number of amides is 1. The Hall–Kier alpha value is -1.93. The van der Waals surface area contributed by atoms with Gasteiger partial charge in [-0.15, -0.1) is 0 Å². The summed E-state index contributed by atoms with van der Waals surface area (Å²) < 4.78 is 26.4. The van der Waals surface area contributed by atoms with Crippen LogP contribution in [0, 0.1) is 6.92 Å². The third-order valence-corrected chi connectivity index (χ3v) is 4.46. The molecule has 1 aromatic heterocycles. The van der Waals surface area contributed by atoms with E-state index in [9.17, 15) is 18.0 Å². The Morgan fingerprint density at radius 2 is 1.84 bits per heavy atom. The first-order valence-corrected chi connectivity index (χ1v) is 7.53. The van der Waals surface area contributed by atoms with Gasteiger partial charge < -0.3 is 0 Å². The Bertz CT molecular complexity index is 756. The maximum absolute atomic E-state index is 11.9. The van der Waals surface area contributed by atoms with E-state index in [2.05, 4.69) is 0 Å². The number of carbonyl (C=O) groups excluding carboxylic acids is 1. The molecule has 0 saturated carbocycles. The molecular weight excluding hydrogens is 288 g/mol. The van der Waals surface area contributed by atoms with Gasteiger partial charge in [0.15, 0.2) is 0 Å². The van der Waals surface area contributed by atoms with E-state index in [4.69, 9.17) is 0 Å². The average molecular weight is 298 g/mol. The fourth-order valence-corrected chi connectivity index (χ4v) is 2.95. The highest BCUT2D eigenvalue weighted by molar-refractivity contribution is 7.90. The molecule has 8 heteroatoms. The highest BCUT2D eigenvalue weighted by Gasteiger charge is 2.19. The number of carbonyl (C=O) groups is 1. The van der Waals surface area contributed by atoms with Crippen molar-refractivity contribution in [3.63, 3.8) is 0 Å². The zero-order valence-electron chi connectivity index (χ0n) is 9.86. The Morgan fingerprint density at radius 1 is 1.21 bits per heavy atom. The Morgan fingerprint density at radius 3 is 2.37 bits per heavy atom. The van der Waals surface area contributed by atoms with Crippen molar-refractivity contribution in [1.29, 1.82) is 0 Å². The number of aromatic nitrogens is 1. The fraction of sp³-hybridized carbons (Fsp3) is 0.0909. The molecule has 100 valence electrons. The fourth-order valence-electron chi connectivity index (χ4n) is 1.35. The Kier molecular flexibility index (Phi) is 3.54. The van der Waals surface area contributed by atoms with Crippen molar-refractivity contribution in [2.24, 2.45) is 0 Å². The van der Waals surface area contributed by atoms with Crippen molar-refractivity contribution in [1.82, 2.24) is 8.68 Å². The standard InChI is InChI=1S/C11H10N2O4S2/c1-8-2-4-9(5-3-8)19(16,17)12-11(15)13-10(14)6-7-18-13/h2-7H,1H3,(H,12,15). The maximum Gasteiger partial charge on any atom is 0.352 e. The van der Waals surface area contributed by atoms with E-state index < -0.39 is 21.6 Å². The number of nitrogens with zero attached hydrogens (tertiary/aromatic N) is 1. The summed E-state index contributed by atoms with van der Waals surface area (Å²) in [5.74, 6) is 0. The van der Waals surface area contributed by atoms with Crippen molar-refractivity contribution in [3.05, 3.63) is 51.6 Å². The van der Waals surface area contributed by atoms with Crippen LogP contribution in [0.15, 0.2) is 45.4 Å². The smallest absolute Gasteiger partial charge is 0.268 e. The molecule has 1 aromatic carbocycles. The summed E-state index contributed by atoms with van der Waals surface area (Å²) in [5.41, 5.74) is 0.335. The zero-order chi connectivity index (χ0) is 14.0. The van der Waals surface area contributed by atoms with Crippen molar-refractivity contribution >= 4 is 27.6 Å². The Balaban J connectivity index is 2.28. The van der Waals surface area contributed by atoms with Gasteiger partial charge in [-0.1, -0.05) is 29.2 Å². The summed E-state index contributed by atoms with van der Waals surface area (Å²) in [5, 5.41) is 1.40. The maximum atomic E-state index is 11.9. The minimum Gasteiger partial charge on any atom is -0.268 e. The van der Waals surface area contributed by atoms with Crippen LogP contribution in [0.4, 0.5) is 4.79 Å². The molecule has 0 radical (unpaired) electrons. The molecule has 0 aliphatic heterocycles. The molecule has 0 atom stereocenters. The molecule has 2 rings (SSSR count).